The molecule has 1 aliphatic heterocycles. The maximum Gasteiger partial charge on any atom is 0.308 e. The Bertz CT molecular complexity index is 402. The topological polar surface area (TPSA) is 40.5 Å². The zero-order valence-corrected chi connectivity index (χ0v) is 12.0. The number of nitrogens with zero attached hydrogens (tertiary/aromatic N) is 1. The van der Waals surface area contributed by atoms with E-state index in [2.05, 4.69) is 36.3 Å². The molecule has 0 radical (unpaired) electrons. The Morgan fingerprint density at radius 1 is 1.50 bits per heavy atom. The van der Waals surface area contributed by atoms with Crippen molar-refractivity contribution in [2.45, 2.75) is 26.8 Å². The largest absolute Gasteiger partial charge is 0.481 e. The van der Waals surface area contributed by atoms with Gasteiger partial charge in [0.2, 0.25) is 0 Å². The molecule has 1 aromatic rings. The molecule has 3 atom stereocenters. The van der Waals surface area contributed by atoms with Gasteiger partial charge in [0, 0.05) is 24.0 Å². The highest BCUT2D eigenvalue weighted by atomic mass is 32.1. The summed E-state index contributed by atoms with van der Waals surface area (Å²) in [5.74, 6) is -0.128. The summed E-state index contributed by atoms with van der Waals surface area (Å²) in [4.78, 5) is 14.9. The van der Waals surface area contributed by atoms with Crippen LogP contribution in [-0.4, -0.2) is 29.1 Å². The third-order valence-electron chi connectivity index (χ3n) is 3.82. The highest BCUT2D eigenvalue weighted by Gasteiger charge is 2.39. The lowest BCUT2D eigenvalue weighted by Crippen LogP contribution is -2.30. The number of carboxylic acid groups (broad SMARTS) is 1. The van der Waals surface area contributed by atoms with Crippen molar-refractivity contribution < 1.29 is 9.90 Å². The maximum absolute atomic E-state index is 11.2. The average molecular weight is 267 g/mol. The predicted octanol–water partition coefficient (Wildman–Crippen LogP) is 3.10. The first kappa shape index (κ1) is 13.6. The summed E-state index contributed by atoms with van der Waals surface area (Å²) >= 11 is 1.77. The maximum atomic E-state index is 11.2. The molecule has 0 aliphatic carbocycles. The zero-order chi connectivity index (χ0) is 13.3. The van der Waals surface area contributed by atoms with Crippen LogP contribution in [0.4, 0.5) is 0 Å². The first-order chi connectivity index (χ1) is 8.50. The molecular weight excluding hydrogens is 246 g/mol. The molecule has 1 N–H and O–H groups in total. The van der Waals surface area contributed by atoms with Crippen molar-refractivity contribution in [1.82, 2.24) is 4.90 Å². The Morgan fingerprint density at radius 2 is 2.22 bits per heavy atom. The molecule has 0 amide bonds. The van der Waals surface area contributed by atoms with Gasteiger partial charge in [0.05, 0.1) is 5.92 Å². The minimum Gasteiger partial charge on any atom is -0.481 e. The standard InChI is InChI=1S/C14H21NO2S/c1-9(2)13(12-5-4-6-18-12)15-7-10(3)11(8-15)14(16)17/h4-6,9-11,13H,7-8H2,1-3H3,(H,16,17)/t10-,11-,13?/m1/s1. The predicted molar refractivity (Wildman–Crippen MR) is 73.8 cm³/mol. The molecule has 0 saturated carbocycles. The van der Waals surface area contributed by atoms with Crippen molar-refractivity contribution >= 4 is 17.3 Å². The fourth-order valence-corrected chi connectivity index (χ4v) is 3.97. The quantitative estimate of drug-likeness (QED) is 0.911. The first-order valence-electron chi connectivity index (χ1n) is 6.51. The Kier molecular flexibility index (Phi) is 4.07. The second-order valence-electron chi connectivity index (χ2n) is 5.58. The van der Waals surface area contributed by atoms with Gasteiger partial charge in [0.15, 0.2) is 0 Å². The first-order valence-corrected chi connectivity index (χ1v) is 7.39. The van der Waals surface area contributed by atoms with Gasteiger partial charge in [-0.1, -0.05) is 26.8 Å². The zero-order valence-electron chi connectivity index (χ0n) is 11.2. The number of carbonyl (C=O) groups is 1. The Hall–Kier alpha value is -0.870. The third-order valence-corrected chi connectivity index (χ3v) is 4.76. The van der Waals surface area contributed by atoms with Gasteiger partial charge in [0.1, 0.15) is 0 Å². The van der Waals surface area contributed by atoms with Crippen LogP contribution in [0, 0.1) is 17.8 Å². The van der Waals surface area contributed by atoms with Crippen LogP contribution in [0.2, 0.25) is 0 Å². The second kappa shape index (κ2) is 5.41. The molecule has 1 aliphatic rings. The molecule has 3 nitrogen and oxygen atoms in total. The number of carboxylic acids is 1. The molecule has 1 aromatic heterocycles. The van der Waals surface area contributed by atoms with Gasteiger partial charge in [-0.25, -0.2) is 0 Å². The van der Waals surface area contributed by atoms with E-state index in [1.54, 1.807) is 11.3 Å². The van der Waals surface area contributed by atoms with Crippen LogP contribution in [0.15, 0.2) is 17.5 Å². The molecule has 2 heterocycles. The summed E-state index contributed by atoms with van der Waals surface area (Å²) in [6.07, 6.45) is 0. The van der Waals surface area contributed by atoms with Gasteiger partial charge in [-0.3, -0.25) is 9.69 Å². The molecule has 1 fully saturated rings. The van der Waals surface area contributed by atoms with Crippen LogP contribution in [0.1, 0.15) is 31.7 Å². The van der Waals surface area contributed by atoms with E-state index in [9.17, 15) is 9.90 Å². The number of aliphatic carboxylic acids is 1. The monoisotopic (exact) mass is 267 g/mol. The van der Waals surface area contributed by atoms with Crippen molar-refractivity contribution in [3.8, 4) is 0 Å². The number of hydrogen-bond acceptors (Lipinski definition) is 3. The molecule has 1 saturated heterocycles. The lowest BCUT2D eigenvalue weighted by Gasteiger charge is -2.30. The SMILES string of the molecule is CC(C)C(c1cccs1)N1C[C@@H](C)[C@H](C(=O)O)C1. The summed E-state index contributed by atoms with van der Waals surface area (Å²) < 4.78 is 0. The smallest absolute Gasteiger partial charge is 0.308 e. The number of rotatable bonds is 4. The van der Waals surface area contributed by atoms with Crippen molar-refractivity contribution in [1.29, 1.82) is 0 Å². The molecule has 1 unspecified atom stereocenters. The van der Waals surface area contributed by atoms with E-state index >= 15 is 0 Å². The summed E-state index contributed by atoms with van der Waals surface area (Å²) in [6, 6.07) is 4.59. The van der Waals surface area contributed by atoms with E-state index in [1.807, 2.05) is 6.92 Å². The normalized spacial score (nSPS) is 26.7. The minimum absolute atomic E-state index is 0.216. The summed E-state index contributed by atoms with van der Waals surface area (Å²) in [5, 5.41) is 11.3. The molecular formula is C14H21NO2S. The van der Waals surface area contributed by atoms with E-state index in [0.29, 0.717) is 18.5 Å². The van der Waals surface area contributed by atoms with Crippen molar-refractivity contribution in [3.05, 3.63) is 22.4 Å². The van der Waals surface area contributed by atoms with E-state index < -0.39 is 5.97 Å². The highest BCUT2D eigenvalue weighted by Crippen LogP contribution is 2.37. The van der Waals surface area contributed by atoms with E-state index in [0.717, 1.165) is 6.54 Å². The van der Waals surface area contributed by atoms with Crippen molar-refractivity contribution in [2.75, 3.05) is 13.1 Å². The van der Waals surface area contributed by atoms with Crippen LogP contribution in [0.5, 0.6) is 0 Å². The Labute approximate surface area is 112 Å². The molecule has 0 spiro atoms. The van der Waals surface area contributed by atoms with Gasteiger partial charge in [0.25, 0.3) is 0 Å². The summed E-state index contributed by atoms with van der Waals surface area (Å²) in [7, 11) is 0. The van der Waals surface area contributed by atoms with Crippen LogP contribution in [0.25, 0.3) is 0 Å². The average Bonchev–Trinajstić information content (AvgIpc) is 2.88. The number of likely N-dealkylation sites (tertiary alicyclic amines) is 1. The molecule has 0 bridgehead atoms. The van der Waals surface area contributed by atoms with Crippen LogP contribution in [-0.2, 0) is 4.79 Å². The molecule has 2 rings (SSSR count). The van der Waals surface area contributed by atoms with Gasteiger partial charge in [-0.05, 0) is 23.3 Å². The molecule has 18 heavy (non-hydrogen) atoms. The van der Waals surface area contributed by atoms with Gasteiger partial charge in [-0.2, -0.15) is 0 Å². The molecule has 100 valence electrons. The lowest BCUT2D eigenvalue weighted by molar-refractivity contribution is -0.142. The van der Waals surface area contributed by atoms with Gasteiger partial charge >= 0.3 is 5.97 Å². The summed E-state index contributed by atoms with van der Waals surface area (Å²) in [5.41, 5.74) is 0. The van der Waals surface area contributed by atoms with Gasteiger partial charge < -0.3 is 5.11 Å². The van der Waals surface area contributed by atoms with Crippen LogP contribution >= 0.6 is 11.3 Å². The highest BCUT2D eigenvalue weighted by molar-refractivity contribution is 7.10. The minimum atomic E-state index is -0.654. The fourth-order valence-electron chi connectivity index (χ4n) is 2.94. The van der Waals surface area contributed by atoms with E-state index in [-0.39, 0.29) is 11.8 Å². The van der Waals surface area contributed by atoms with Crippen LogP contribution in [0.3, 0.4) is 0 Å². The van der Waals surface area contributed by atoms with Crippen LogP contribution < -0.4 is 0 Å². The van der Waals surface area contributed by atoms with Gasteiger partial charge in [-0.15, -0.1) is 11.3 Å². The Morgan fingerprint density at radius 3 is 2.67 bits per heavy atom. The second-order valence-corrected chi connectivity index (χ2v) is 6.56. The summed E-state index contributed by atoms with van der Waals surface area (Å²) in [6.45, 7) is 8.03. The number of thiophene rings is 1. The molecule has 0 aromatic carbocycles. The molecule has 4 heteroatoms. The van der Waals surface area contributed by atoms with E-state index in [1.165, 1.54) is 4.88 Å². The van der Waals surface area contributed by atoms with Crippen molar-refractivity contribution in [2.24, 2.45) is 17.8 Å². The fraction of sp³-hybridized carbons (Fsp3) is 0.643. The third kappa shape index (κ3) is 2.59. The van der Waals surface area contributed by atoms with Crippen molar-refractivity contribution in [3.63, 3.8) is 0 Å². The lowest BCUT2D eigenvalue weighted by atomic mass is 9.99. The Balaban J connectivity index is 2.17. The number of hydrogen-bond donors (Lipinski definition) is 1. The van der Waals surface area contributed by atoms with E-state index in [4.69, 9.17) is 0 Å².